The molecule has 0 saturated carbocycles. The van der Waals surface area contributed by atoms with E-state index in [1.54, 1.807) is 72.8 Å². The number of hydroxylamine groups is 1. The summed E-state index contributed by atoms with van der Waals surface area (Å²) < 4.78 is 24.7. The SMILES string of the molecule is COc1cc([C@@H]2[C@H]3C(=O)N(c4ccc(F)cc4)C(=O)[C@H]3ON2c2ccc(Cl)cc2)ccc1OC(=O)c1ccccc1. The van der Waals surface area contributed by atoms with E-state index in [9.17, 15) is 18.8 Å². The van der Waals surface area contributed by atoms with Crippen LogP contribution in [0.15, 0.2) is 97.1 Å². The van der Waals surface area contributed by atoms with Gasteiger partial charge >= 0.3 is 5.97 Å². The van der Waals surface area contributed by atoms with Gasteiger partial charge in [0.25, 0.3) is 5.91 Å². The monoisotopic (exact) mass is 572 g/mol. The van der Waals surface area contributed by atoms with Gasteiger partial charge < -0.3 is 9.47 Å². The van der Waals surface area contributed by atoms with E-state index in [1.807, 2.05) is 0 Å². The van der Waals surface area contributed by atoms with E-state index in [-0.39, 0.29) is 17.2 Å². The van der Waals surface area contributed by atoms with Gasteiger partial charge in [0.05, 0.1) is 30.1 Å². The molecule has 2 heterocycles. The Labute approximate surface area is 239 Å². The van der Waals surface area contributed by atoms with Gasteiger partial charge in [0.2, 0.25) is 5.91 Å². The predicted octanol–water partition coefficient (Wildman–Crippen LogP) is 5.76. The van der Waals surface area contributed by atoms with E-state index in [4.69, 9.17) is 25.9 Å². The largest absolute Gasteiger partial charge is 0.493 e. The van der Waals surface area contributed by atoms with Crippen LogP contribution >= 0.6 is 11.6 Å². The Morgan fingerprint density at radius 3 is 2.22 bits per heavy atom. The number of methoxy groups -OCH3 is 1. The van der Waals surface area contributed by atoms with E-state index in [0.717, 1.165) is 4.90 Å². The molecule has 0 aliphatic carbocycles. The number of ether oxygens (including phenoxy) is 2. The van der Waals surface area contributed by atoms with Crippen LogP contribution < -0.4 is 19.4 Å². The first-order valence-electron chi connectivity index (χ1n) is 12.7. The van der Waals surface area contributed by atoms with Crippen molar-refractivity contribution < 1.29 is 33.1 Å². The van der Waals surface area contributed by atoms with Crippen LogP contribution in [-0.2, 0) is 14.4 Å². The van der Waals surface area contributed by atoms with Gasteiger partial charge in [-0.3, -0.25) is 14.4 Å². The van der Waals surface area contributed by atoms with Crippen molar-refractivity contribution >= 4 is 40.8 Å². The Bertz CT molecular complexity index is 1630. The van der Waals surface area contributed by atoms with Crippen LogP contribution in [0.4, 0.5) is 15.8 Å². The molecule has 0 spiro atoms. The molecule has 0 N–H and O–H groups in total. The highest BCUT2D eigenvalue weighted by molar-refractivity contribution is 6.30. The number of carbonyl (C=O) groups excluding carboxylic acids is 3. The minimum atomic E-state index is -1.13. The lowest BCUT2D eigenvalue weighted by Gasteiger charge is -2.29. The summed E-state index contributed by atoms with van der Waals surface area (Å²) >= 11 is 6.10. The summed E-state index contributed by atoms with van der Waals surface area (Å²) in [6, 6.07) is 24.6. The quantitative estimate of drug-likeness (QED) is 0.165. The molecule has 0 radical (unpaired) electrons. The van der Waals surface area contributed by atoms with Gasteiger partial charge in [0, 0.05) is 5.02 Å². The summed E-state index contributed by atoms with van der Waals surface area (Å²) in [7, 11) is 1.43. The Morgan fingerprint density at radius 1 is 0.854 bits per heavy atom. The molecule has 2 aliphatic rings. The zero-order valence-electron chi connectivity index (χ0n) is 21.6. The van der Waals surface area contributed by atoms with Crippen molar-refractivity contribution in [3.05, 3.63) is 119 Å². The minimum absolute atomic E-state index is 0.181. The fourth-order valence-corrected chi connectivity index (χ4v) is 5.22. The lowest BCUT2D eigenvalue weighted by Crippen LogP contribution is -2.37. The number of amides is 2. The molecule has 10 heteroatoms. The summed E-state index contributed by atoms with van der Waals surface area (Å²) in [5, 5.41) is 2.01. The van der Waals surface area contributed by atoms with Crippen molar-refractivity contribution in [2.75, 3.05) is 17.1 Å². The summed E-state index contributed by atoms with van der Waals surface area (Å²) in [5.41, 5.74) is 1.76. The summed E-state index contributed by atoms with van der Waals surface area (Å²) in [5.74, 6) is -2.61. The smallest absolute Gasteiger partial charge is 0.343 e. The number of fused-ring (bicyclic) bond motifs is 1. The van der Waals surface area contributed by atoms with E-state index in [2.05, 4.69) is 0 Å². The molecule has 3 atom stereocenters. The van der Waals surface area contributed by atoms with Gasteiger partial charge in [-0.05, 0) is 78.4 Å². The van der Waals surface area contributed by atoms with Crippen molar-refractivity contribution in [3.8, 4) is 11.5 Å². The Balaban J connectivity index is 1.38. The summed E-state index contributed by atoms with van der Waals surface area (Å²) in [6.07, 6.45) is -1.13. The maximum atomic E-state index is 13.8. The first-order valence-corrected chi connectivity index (χ1v) is 13.0. The number of anilines is 2. The van der Waals surface area contributed by atoms with E-state index >= 15 is 0 Å². The number of carbonyl (C=O) groups is 3. The number of esters is 1. The highest BCUT2D eigenvalue weighted by Gasteiger charge is 2.60. The molecule has 4 aromatic carbocycles. The number of hydrogen-bond donors (Lipinski definition) is 0. The van der Waals surface area contributed by atoms with Crippen molar-refractivity contribution in [1.29, 1.82) is 0 Å². The molecular formula is C31H22ClFN2O6. The number of benzene rings is 4. The fraction of sp³-hybridized carbons (Fsp3) is 0.129. The Hall–Kier alpha value is -4.73. The molecule has 2 fully saturated rings. The fourth-order valence-electron chi connectivity index (χ4n) is 5.10. The lowest BCUT2D eigenvalue weighted by molar-refractivity contribution is -0.126. The van der Waals surface area contributed by atoms with Gasteiger partial charge in [0.1, 0.15) is 11.7 Å². The van der Waals surface area contributed by atoms with Gasteiger partial charge in [-0.25, -0.2) is 19.1 Å². The van der Waals surface area contributed by atoms with Gasteiger partial charge in [0.15, 0.2) is 17.6 Å². The molecule has 8 nitrogen and oxygen atoms in total. The Kier molecular flexibility index (Phi) is 6.90. The van der Waals surface area contributed by atoms with Gasteiger partial charge in [-0.2, -0.15) is 0 Å². The third-order valence-electron chi connectivity index (χ3n) is 7.02. The zero-order valence-corrected chi connectivity index (χ0v) is 22.3. The van der Waals surface area contributed by atoms with Crippen molar-refractivity contribution in [3.63, 3.8) is 0 Å². The lowest BCUT2D eigenvalue weighted by atomic mass is 9.90. The second-order valence-electron chi connectivity index (χ2n) is 9.45. The molecule has 2 amide bonds. The van der Waals surface area contributed by atoms with E-state index in [1.165, 1.54) is 36.4 Å². The highest BCUT2D eigenvalue weighted by Crippen LogP contribution is 2.49. The van der Waals surface area contributed by atoms with Crippen LogP contribution in [0.1, 0.15) is 22.0 Å². The van der Waals surface area contributed by atoms with Crippen LogP contribution in [0.2, 0.25) is 5.02 Å². The standard InChI is InChI=1S/C31H22ClFN2O6/c1-39-25-17-19(7-16-24(25)40-31(38)18-5-3-2-4-6-18)27-26-28(41-35(27)23-12-8-20(32)9-13-23)30(37)34(29(26)36)22-14-10-21(33)11-15-22/h2-17,26-28H,1H3/t26-,27-,28+/m1/s1. The van der Waals surface area contributed by atoms with Crippen molar-refractivity contribution in [2.24, 2.45) is 5.92 Å². The molecule has 4 aromatic rings. The molecule has 6 rings (SSSR count). The van der Waals surface area contributed by atoms with E-state index < -0.39 is 41.7 Å². The maximum absolute atomic E-state index is 13.8. The first kappa shape index (κ1) is 26.5. The average molecular weight is 573 g/mol. The molecule has 0 bridgehead atoms. The van der Waals surface area contributed by atoms with Gasteiger partial charge in [-0.15, -0.1) is 0 Å². The summed E-state index contributed by atoms with van der Waals surface area (Å²) in [6.45, 7) is 0. The average Bonchev–Trinajstić information content (AvgIpc) is 3.50. The first-order chi connectivity index (χ1) is 19.9. The molecule has 206 valence electrons. The van der Waals surface area contributed by atoms with Crippen LogP contribution in [-0.4, -0.2) is 31.0 Å². The van der Waals surface area contributed by atoms with E-state index in [0.29, 0.717) is 21.8 Å². The maximum Gasteiger partial charge on any atom is 0.343 e. The molecule has 2 aliphatic heterocycles. The second kappa shape index (κ2) is 10.7. The molecule has 2 saturated heterocycles. The number of imide groups is 1. The summed E-state index contributed by atoms with van der Waals surface area (Å²) in [4.78, 5) is 47.1. The molecule has 0 aromatic heterocycles. The van der Waals surface area contributed by atoms with Gasteiger partial charge in [-0.1, -0.05) is 35.9 Å². The number of halogens is 2. The minimum Gasteiger partial charge on any atom is -0.493 e. The normalized spacial score (nSPS) is 19.8. The third-order valence-corrected chi connectivity index (χ3v) is 7.27. The van der Waals surface area contributed by atoms with Crippen LogP contribution in [0.5, 0.6) is 11.5 Å². The van der Waals surface area contributed by atoms with Crippen LogP contribution in [0, 0.1) is 11.7 Å². The Morgan fingerprint density at radius 2 is 1.54 bits per heavy atom. The molecule has 0 unspecified atom stereocenters. The second-order valence-corrected chi connectivity index (χ2v) is 9.89. The highest BCUT2D eigenvalue weighted by atomic mass is 35.5. The topological polar surface area (TPSA) is 85.4 Å². The van der Waals surface area contributed by atoms with Crippen LogP contribution in [0.3, 0.4) is 0 Å². The number of rotatable bonds is 6. The third kappa shape index (κ3) is 4.79. The molecular weight excluding hydrogens is 551 g/mol. The zero-order chi connectivity index (χ0) is 28.7. The number of hydrogen-bond acceptors (Lipinski definition) is 7. The molecule has 41 heavy (non-hydrogen) atoms. The van der Waals surface area contributed by atoms with Crippen LogP contribution in [0.25, 0.3) is 0 Å². The number of nitrogens with zero attached hydrogens (tertiary/aromatic N) is 2. The predicted molar refractivity (Wildman–Crippen MR) is 148 cm³/mol. The van der Waals surface area contributed by atoms with Crippen molar-refractivity contribution in [2.45, 2.75) is 12.1 Å². The van der Waals surface area contributed by atoms with Crippen molar-refractivity contribution in [1.82, 2.24) is 0 Å².